The van der Waals surface area contributed by atoms with Crippen molar-refractivity contribution < 1.29 is 22.7 Å². The maximum atomic E-state index is 13.2. The third-order valence-electron chi connectivity index (χ3n) is 5.39. The van der Waals surface area contributed by atoms with Crippen LogP contribution in [0, 0.1) is 5.92 Å². The molecule has 0 saturated carbocycles. The highest BCUT2D eigenvalue weighted by Crippen LogP contribution is 2.32. The highest BCUT2D eigenvalue weighted by molar-refractivity contribution is 7.89. The second-order valence-electron chi connectivity index (χ2n) is 7.51. The Bertz CT molecular complexity index is 1120. The number of hydrogen-bond donors (Lipinski definition) is 2. The number of carbonyl (C=O) groups is 2. The molecule has 0 unspecified atom stereocenters. The molecule has 2 aromatic carbocycles. The number of fused-ring (bicyclic) bond motifs is 1. The van der Waals surface area contributed by atoms with E-state index in [0.29, 0.717) is 35.8 Å². The van der Waals surface area contributed by atoms with Crippen LogP contribution in [0.1, 0.15) is 18.4 Å². The lowest BCUT2D eigenvalue weighted by atomic mass is 9.99. The van der Waals surface area contributed by atoms with Crippen LogP contribution in [0.5, 0.6) is 5.75 Å². The minimum absolute atomic E-state index is 0.0502. The molecule has 1 atom stereocenters. The van der Waals surface area contributed by atoms with Crippen LogP contribution in [0.2, 0.25) is 5.02 Å². The van der Waals surface area contributed by atoms with Crippen LogP contribution in [0.15, 0.2) is 47.4 Å². The van der Waals surface area contributed by atoms with E-state index < -0.39 is 15.9 Å². The SMILES string of the molecule is O=C1COc2ccc(S(=O)(=O)N3CCC[C@@H](C(=O)NCc4ccccc4Cl)C3)cc2N1. The number of benzene rings is 2. The van der Waals surface area contributed by atoms with Crippen molar-refractivity contribution in [2.75, 3.05) is 25.0 Å². The van der Waals surface area contributed by atoms with Gasteiger partial charge in [0.15, 0.2) is 6.61 Å². The van der Waals surface area contributed by atoms with Crippen LogP contribution in [0.4, 0.5) is 5.69 Å². The molecule has 10 heteroatoms. The van der Waals surface area contributed by atoms with Gasteiger partial charge in [-0.15, -0.1) is 0 Å². The van der Waals surface area contributed by atoms with E-state index in [2.05, 4.69) is 10.6 Å². The van der Waals surface area contributed by atoms with Gasteiger partial charge < -0.3 is 15.4 Å². The van der Waals surface area contributed by atoms with E-state index in [9.17, 15) is 18.0 Å². The Kier molecular flexibility index (Phi) is 6.17. The molecule has 2 aliphatic heterocycles. The number of halogens is 1. The molecule has 2 N–H and O–H groups in total. The maximum Gasteiger partial charge on any atom is 0.262 e. The number of rotatable bonds is 5. The van der Waals surface area contributed by atoms with Crippen LogP contribution in [-0.4, -0.2) is 44.2 Å². The van der Waals surface area contributed by atoms with Gasteiger partial charge in [-0.3, -0.25) is 9.59 Å². The number of nitrogens with zero attached hydrogens (tertiary/aromatic N) is 1. The van der Waals surface area contributed by atoms with Gasteiger partial charge >= 0.3 is 0 Å². The maximum absolute atomic E-state index is 13.2. The van der Waals surface area contributed by atoms with Crippen LogP contribution in [0.25, 0.3) is 0 Å². The first kappa shape index (κ1) is 21.6. The summed E-state index contributed by atoms with van der Waals surface area (Å²) >= 11 is 6.13. The van der Waals surface area contributed by atoms with Crippen molar-refractivity contribution >= 4 is 39.1 Å². The predicted molar refractivity (Wildman–Crippen MR) is 115 cm³/mol. The summed E-state index contributed by atoms with van der Waals surface area (Å²) in [6, 6.07) is 11.6. The largest absolute Gasteiger partial charge is 0.482 e. The molecular weight excluding hydrogens is 442 g/mol. The number of carbonyl (C=O) groups excluding carboxylic acids is 2. The summed E-state index contributed by atoms with van der Waals surface area (Å²) in [6.45, 7) is 0.607. The molecule has 0 spiro atoms. The van der Waals surface area contributed by atoms with E-state index in [0.717, 1.165) is 5.56 Å². The first-order valence-electron chi connectivity index (χ1n) is 9.92. The quantitative estimate of drug-likeness (QED) is 0.708. The fourth-order valence-corrected chi connectivity index (χ4v) is 5.47. The zero-order valence-electron chi connectivity index (χ0n) is 16.6. The molecule has 2 aromatic rings. The van der Waals surface area contributed by atoms with Crippen LogP contribution >= 0.6 is 11.6 Å². The molecule has 0 aliphatic carbocycles. The normalized spacial score (nSPS) is 19.1. The monoisotopic (exact) mass is 463 g/mol. The Morgan fingerprint density at radius 1 is 1.26 bits per heavy atom. The molecule has 1 fully saturated rings. The number of anilines is 1. The smallest absolute Gasteiger partial charge is 0.262 e. The van der Waals surface area contributed by atoms with Gasteiger partial charge in [-0.05, 0) is 42.7 Å². The fourth-order valence-electron chi connectivity index (χ4n) is 3.71. The number of nitrogens with one attached hydrogen (secondary N) is 2. The second kappa shape index (κ2) is 8.86. The summed E-state index contributed by atoms with van der Waals surface area (Å²) in [5, 5.41) is 6.04. The highest BCUT2D eigenvalue weighted by Gasteiger charge is 2.34. The zero-order chi connectivity index (χ0) is 22.0. The van der Waals surface area contributed by atoms with E-state index in [4.69, 9.17) is 16.3 Å². The van der Waals surface area contributed by atoms with E-state index >= 15 is 0 Å². The molecule has 1 saturated heterocycles. The predicted octanol–water partition coefficient (Wildman–Crippen LogP) is 2.39. The van der Waals surface area contributed by atoms with Gasteiger partial charge in [-0.1, -0.05) is 29.8 Å². The summed E-state index contributed by atoms with van der Waals surface area (Å²) in [4.78, 5) is 24.3. The zero-order valence-corrected chi connectivity index (χ0v) is 18.2. The average molecular weight is 464 g/mol. The van der Waals surface area contributed by atoms with Crippen molar-refractivity contribution in [2.24, 2.45) is 5.92 Å². The summed E-state index contributed by atoms with van der Waals surface area (Å²) in [5.41, 5.74) is 1.12. The lowest BCUT2D eigenvalue weighted by Gasteiger charge is -2.31. The van der Waals surface area contributed by atoms with Crippen molar-refractivity contribution in [2.45, 2.75) is 24.3 Å². The number of sulfonamides is 1. The van der Waals surface area contributed by atoms with E-state index in [1.54, 1.807) is 6.07 Å². The molecule has 0 aromatic heterocycles. The standard InChI is InChI=1S/C21H22ClN3O5S/c22-17-6-2-1-4-14(17)11-23-21(27)15-5-3-9-25(12-15)31(28,29)16-7-8-19-18(10-16)24-20(26)13-30-19/h1-2,4,6-8,10,15H,3,5,9,11-13H2,(H,23,27)(H,24,26)/t15-/m1/s1. The molecule has 4 rings (SSSR count). The molecule has 31 heavy (non-hydrogen) atoms. The van der Waals surface area contributed by atoms with Gasteiger partial charge in [0.05, 0.1) is 16.5 Å². The van der Waals surface area contributed by atoms with Crippen molar-refractivity contribution in [3.05, 3.63) is 53.1 Å². The Labute approximate surface area is 185 Å². The lowest BCUT2D eigenvalue weighted by Crippen LogP contribution is -2.45. The van der Waals surface area contributed by atoms with E-state index in [1.807, 2.05) is 18.2 Å². The van der Waals surface area contributed by atoms with Gasteiger partial charge in [0, 0.05) is 24.7 Å². The number of amides is 2. The van der Waals surface area contributed by atoms with E-state index in [1.165, 1.54) is 22.5 Å². The van der Waals surface area contributed by atoms with Crippen LogP contribution in [0.3, 0.4) is 0 Å². The third-order valence-corrected chi connectivity index (χ3v) is 7.62. The van der Waals surface area contributed by atoms with Gasteiger partial charge in [0.2, 0.25) is 15.9 Å². The first-order chi connectivity index (χ1) is 14.8. The third kappa shape index (κ3) is 4.68. The lowest BCUT2D eigenvalue weighted by molar-refractivity contribution is -0.126. The van der Waals surface area contributed by atoms with Gasteiger partial charge in [0.25, 0.3) is 5.91 Å². The number of ether oxygens (including phenoxy) is 1. The molecule has 164 valence electrons. The van der Waals surface area contributed by atoms with Gasteiger partial charge in [-0.2, -0.15) is 4.31 Å². The van der Waals surface area contributed by atoms with Crippen LogP contribution in [-0.2, 0) is 26.2 Å². The van der Waals surface area contributed by atoms with Crippen molar-refractivity contribution in [1.82, 2.24) is 9.62 Å². The van der Waals surface area contributed by atoms with Crippen molar-refractivity contribution in [1.29, 1.82) is 0 Å². The van der Waals surface area contributed by atoms with Gasteiger partial charge in [-0.25, -0.2) is 8.42 Å². The summed E-state index contributed by atoms with van der Waals surface area (Å²) in [5.74, 6) is -0.568. The topological polar surface area (TPSA) is 105 Å². The van der Waals surface area contributed by atoms with Crippen molar-refractivity contribution in [3.8, 4) is 5.75 Å². The summed E-state index contributed by atoms with van der Waals surface area (Å²) in [6.07, 6.45) is 1.18. The van der Waals surface area contributed by atoms with Crippen LogP contribution < -0.4 is 15.4 Å². The number of hydrogen-bond acceptors (Lipinski definition) is 5. The second-order valence-corrected chi connectivity index (χ2v) is 9.85. The minimum atomic E-state index is -3.83. The summed E-state index contributed by atoms with van der Waals surface area (Å²) < 4.78 is 32.9. The van der Waals surface area contributed by atoms with E-state index in [-0.39, 0.29) is 36.4 Å². The Morgan fingerprint density at radius 2 is 2.06 bits per heavy atom. The Hall–Kier alpha value is -2.62. The molecule has 8 nitrogen and oxygen atoms in total. The number of piperidine rings is 1. The fraction of sp³-hybridized carbons (Fsp3) is 0.333. The molecular formula is C21H22ClN3O5S. The molecule has 0 bridgehead atoms. The first-order valence-corrected chi connectivity index (χ1v) is 11.7. The average Bonchev–Trinajstić information content (AvgIpc) is 2.78. The minimum Gasteiger partial charge on any atom is -0.482 e. The Morgan fingerprint density at radius 3 is 2.87 bits per heavy atom. The van der Waals surface area contributed by atoms with Gasteiger partial charge in [0.1, 0.15) is 5.75 Å². The molecule has 2 amide bonds. The molecule has 0 radical (unpaired) electrons. The highest BCUT2D eigenvalue weighted by atomic mass is 35.5. The Balaban J connectivity index is 1.45. The molecule has 2 heterocycles. The summed E-state index contributed by atoms with van der Waals surface area (Å²) in [7, 11) is -3.83. The van der Waals surface area contributed by atoms with Crippen molar-refractivity contribution in [3.63, 3.8) is 0 Å². The molecule has 2 aliphatic rings.